The Morgan fingerprint density at radius 3 is 2.55 bits per heavy atom. The number of hydrogen-bond donors (Lipinski definition) is 2. The predicted octanol–water partition coefficient (Wildman–Crippen LogP) is 4.93. The number of hydrogen-bond acceptors (Lipinski definition) is 9. The summed E-state index contributed by atoms with van der Waals surface area (Å²) in [7, 11) is 0. The summed E-state index contributed by atoms with van der Waals surface area (Å²) in [6.45, 7) is 5.96. The molecule has 5 rings (SSSR count). The number of fused-ring (bicyclic) bond motifs is 2. The maximum absolute atomic E-state index is 13.6. The molecule has 0 unspecified atom stereocenters. The highest BCUT2D eigenvalue weighted by Gasteiger charge is 2.57. The number of carbonyl (C=O) groups excluding carboxylic acids is 2. The van der Waals surface area contributed by atoms with Gasteiger partial charge in [-0.05, 0) is 26.0 Å². The van der Waals surface area contributed by atoms with Gasteiger partial charge in [-0.15, -0.1) is 11.3 Å². The smallest absolute Gasteiger partial charge is 0.383 e. The van der Waals surface area contributed by atoms with Gasteiger partial charge in [-0.1, -0.05) is 13.8 Å². The number of nitrogens with zero attached hydrogens (tertiary/aromatic N) is 6. The molecule has 3 N–H and O–H groups in total. The molecule has 0 radical (unpaired) electrons. The molecule has 16 heteroatoms. The molecule has 1 atom stereocenters. The third-order valence-corrected chi connectivity index (χ3v) is 8.56. The Hall–Kier alpha value is -4.08. The highest BCUT2D eigenvalue weighted by atomic mass is 32.1. The molecular formula is C26H25F5N8O2S. The van der Waals surface area contributed by atoms with Crippen LogP contribution < -0.4 is 11.1 Å². The Kier molecular flexibility index (Phi) is 6.82. The minimum Gasteiger partial charge on any atom is -0.383 e. The first kappa shape index (κ1) is 29.4. The van der Waals surface area contributed by atoms with Crippen LogP contribution >= 0.6 is 11.3 Å². The number of rotatable bonds is 8. The number of carbonyl (C=O) groups is 2. The van der Waals surface area contributed by atoms with Gasteiger partial charge in [0.2, 0.25) is 5.91 Å². The molecule has 4 aromatic heterocycles. The van der Waals surface area contributed by atoms with Crippen LogP contribution in [0.1, 0.15) is 50.4 Å². The number of alkyl halides is 5. The lowest BCUT2D eigenvalue weighted by Crippen LogP contribution is -2.37. The number of nitrogens with one attached hydrogen (secondary N) is 1. The van der Waals surface area contributed by atoms with Crippen molar-refractivity contribution in [1.82, 2.24) is 29.7 Å². The maximum atomic E-state index is 13.6. The molecule has 0 aromatic carbocycles. The lowest BCUT2D eigenvalue weighted by atomic mass is 9.83. The van der Waals surface area contributed by atoms with E-state index in [4.69, 9.17) is 5.73 Å². The van der Waals surface area contributed by atoms with Crippen molar-refractivity contribution in [3.05, 3.63) is 40.0 Å². The van der Waals surface area contributed by atoms with Gasteiger partial charge in [0.1, 0.15) is 33.5 Å². The molecule has 1 aliphatic rings. The molecule has 0 saturated carbocycles. The standard InChI is InChI=1S/C26H25F5N8O2S/c1-12(40)23(2,3)10-13-11-42-22(34-13)24(4)15-17(32)35-19(36-18(15)37-21(24)41)16-14-6-5-8-33-20(14)39(38-16)9-7-25(27,28)26(29,30)31/h5-6,8,11H,7,9-10H2,1-4H3,(H3,32,35,36,37,41)/t24-/m0/s1. The summed E-state index contributed by atoms with van der Waals surface area (Å²) in [4.78, 5) is 42.8. The fourth-order valence-corrected chi connectivity index (χ4v) is 5.62. The molecule has 4 aromatic rings. The van der Waals surface area contributed by atoms with Gasteiger partial charge in [-0.2, -0.15) is 27.1 Å². The summed E-state index contributed by atoms with van der Waals surface area (Å²) >= 11 is 1.23. The van der Waals surface area contributed by atoms with Gasteiger partial charge in [0.25, 0.3) is 0 Å². The van der Waals surface area contributed by atoms with E-state index in [9.17, 15) is 31.5 Å². The normalized spacial score (nSPS) is 17.5. The Balaban J connectivity index is 1.53. The third kappa shape index (κ3) is 4.76. The number of ketones is 1. The first-order valence-electron chi connectivity index (χ1n) is 12.7. The molecule has 10 nitrogen and oxygen atoms in total. The maximum Gasteiger partial charge on any atom is 0.453 e. The van der Waals surface area contributed by atoms with Crippen LogP contribution in [-0.4, -0.2) is 53.5 Å². The number of halogens is 5. The van der Waals surface area contributed by atoms with E-state index in [0.717, 1.165) is 4.68 Å². The molecule has 1 amide bonds. The first-order valence-corrected chi connectivity index (χ1v) is 13.6. The zero-order chi connectivity index (χ0) is 30.8. The number of aryl methyl sites for hydroxylation is 1. The van der Waals surface area contributed by atoms with E-state index in [0.29, 0.717) is 17.1 Å². The summed E-state index contributed by atoms with van der Waals surface area (Å²) in [5, 5.41) is 9.38. The van der Waals surface area contributed by atoms with Crippen molar-refractivity contribution >= 4 is 45.7 Å². The molecular weight excluding hydrogens is 583 g/mol. The monoisotopic (exact) mass is 608 g/mol. The Morgan fingerprint density at radius 1 is 1.17 bits per heavy atom. The van der Waals surface area contributed by atoms with Crippen molar-refractivity contribution in [2.75, 3.05) is 11.1 Å². The van der Waals surface area contributed by atoms with Crippen molar-refractivity contribution in [3.63, 3.8) is 0 Å². The Morgan fingerprint density at radius 2 is 1.88 bits per heavy atom. The van der Waals surface area contributed by atoms with E-state index < -0.39 is 41.8 Å². The summed E-state index contributed by atoms with van der Waals surface area (Å²) in [6, 6.07) is 3.07. The molecule has 0 spiro atoms. The Bertz CT molecular complexity index is 1730. The second-order valence-corrected chi connectivity index (χ2v) is 11.8. The van der Waals surface area contributed by atoms with Crippen LogP contribution in [-0.2, 0) is 28.0 Å². The largest absolute Gasteiger partial charge is 0.453 e. The minimum atomic E-state index is -5.71. The van der Waals surface area contributed by atoms with Gasteiger partial charge in [0.15, 0.2) is 11.5 Å². The van der Waals surface area contributed by atoms with E-state index in [1.807, 2.05) is 13.8 Å². The topological polar surface area (TPSA) is 142 Å². The second-order valence-electron chi connectivity index (χ2n) is 10.9. The third-order valence-electron chi connectivity index (χ3n) is 7.45. The van der Waals surface area contributed by atoms with Crippen LogP contribution in [0, 0.1) is 5.41 Å². The van der Waals surface area contributed by atoms with Crippen LogP contribution in [0.4, 0.5) is 33.6 Å². The molecule has 0 aliphatic carbocycles. The number of thiazole rings is 1. The van der Waals surface area contributed by atoms with Crippen molar-refractivity contribution < 1.29 is 31.5 Å². The fourth-order valence-electron chi connectivity index (χ4n) is 4.63. The number of nitrogen functional groups attached to an aromatic ring is 1. The molecule has 0 bridgehead atoms. The summed E-state index contributed by atoms with van der Waals surface area (Å²) in [5.74, 6) is -5.47. The van der Waals surface area contributed by atoms with Crippen LogP contribution in [0.5, 0.6) is 0 Å². The van der Waals surface area contributed by atoms with Crippen molar-refractivity contribution in [2.45, 2.75) is 64.6 Å². The van der Waals surface area contributed by atoms with E-state index in [2.05, 4.69) is 30.4 Å². The molecule has 222 valence electrons. The zero-order valence-corrected chi connectivity index (χ0v) is 23.6. The van der Waals surface area contributed by atoms with E-state index in [1.54, 1.807) is 12.3 Å². The number of amides is 1. The SMILES string of the molecule is CC(=O)C(C)(C)Cc1csc([C@]2(C)C(=O)Nc3nc(-c4nn(CCC(F)(F)C(F)(F)F)c5ncccc45)nc(N)c32)n1. The number of pyridine rings is 1. The second kappa shape index (κ2) is 9.74. The number of aromatic nitrogens is 6. The predicted molar refractivity (Wildman–Crippen MR) is 144 cm³/mol. The summed E-state index contributed by atoms with van der Waals surface area (Å²) in [5.41, 5.74) is 5.35. The van der Waals surface area contributed by atoms with Crippen LogP contribution in [0.15, 0.2) is 23.7 Å². The summed E-state index contributed by atoms with van der Waals surface area (Å²) in [6.07, 6.45) is -5.55. The molecule has 5 heterocycles. The highest BCUT2D eigenvalue weighted by molar-refractivity contribution is 7.10. The van der Waals surface area contributed by atoms with Gasteiger partial charge < -0.3 is 11.1 Å². The first-order chi connectivity index (χ1) is 19.5. The quantitative estimate of drug-likeness (QED) is 0.268. The number of Topliss-reactive ketones (excluding diaryl/α,β-unsaturated/α-hetero) is 1. The van der Waals surface area contributed by atoms with Crippen molar-refractivity contribution in [1.29, 1.82) is 0 Å². The van der Waals surface area contributed by atoms with E-state index in [1.165, 1.54) is 36.6 Å². The fraction of sp³-hybridized carbons (Fsp3) is 0.423. The van der Waals surface area contributed by atoms with Gasteiger partial charge in [0, 0.05) is 36.4 Å². The Labute approximate surface area is 239 Å². The van der Waals surface area contributed by atoms with Gasteiger partial charge in [-0.25, -0.2) is 24.6 Å². The number of anilines is 2. The lowest BCUT2D eigenvalue weighted by molar-refractivity contribution is -0.285. The molecule has 42 heavy (non-hydrogen) atoms. The molecule has 1 aliphatic heterocycles. The van der Waals surface area contributed by atoms with Gasteiger partial charge in [0.05, 0.1) is 16.6 Å². The molecule has 0 saturated heterocycles. The average molecular weight is 609 g/mol. The average Bonchev–Trinajstić information content (AvgIpc) is 3.57. The van der Waals surface area contributed by atoms with E-state index >= 15 is 0 Å². The molecule has 0 fully saturated rings. The van der Waals surface area contributed by atoms with Gasteiger partial charge >= 0.3 is 12.1 Å². The van der Waals surface area contributed by atoms with E-state index in [-0.39, 0.29) is 45.5 Å². The lowest BCUT2D eigenvalue weighted by Gasteiger charge is -2.21. The van der Waals surface area contributed by atoms with Crippen molar-refractivity contribution in [3.8, 4) is 11.5 Å². The van der Waals surface area contributed by atoms with Gasteiger partial charge in [-0.3, -0.25) is 9.59 Å². The number of nitrogens with two attached hydrogens (primary N) is 1. The summed E-state index contributed by atoms with van der Waals surface area (Å²) < 4.78 is 66.4. The minimum absolute atomic E-state index is 0.00313. The zero-order valence-electron chi connectivity index (χ0n) is 22.8. The highest BCUT2D eigenvalue weighted by Crippen LogP contribution is 2.46. The van der Waals surface area contributed by atoms with Crippen molar-refractivity contribution in [2.24, 2.45) is 5.41 Å². The van der Waals surface area contributed by atoms with Crippen LogP contribution in [0.25, 0.3) is 22.6 Å². The van der Waals surface area contributed by atoms with Crippen LogP contribution in [0.2, 0.25) is 0 Å². The van der Waals surface area contributed by atoms with Crippen LogP contribution in [0.3, 0.4) is 0 Å².